The van der Waals surface area contributed by atoms with Crippen LogP contribution in [0.3, 0.4) is 0 Å². The third kappa shape index (κ3) is 8.59. The van der Waals surface area contributed by atoms with E-state index in [1.54, 1.807) is 7.11 Å². The Hall–Kier alpha value is -2.82. The van der Waals surface area contributed by atoms with Gasteiger partial charge in [-0.1, -0.05) is 30.2 Å². The summed E-state index contributed by atoms with van der Waals surface area (Å²) < 4.78 is 11.8. The first kappa shape index (κ1) is 31.7. The van der Waals surface area contributed by atoms with Crippen LogP contribution in [0.5, 0.6) is 5.75 Å². The van der Waals surface area contributed by atoms with Crippen LogP contribution in [0, 0.1) is 0 Å². The standard InChI is InChI=1S/C28H39ClN6O4.ClH/c1-38-21-13-11-19(12-14-21)7-5-15-35(18-23(36)39-22-9-3-2-4-10-22)16-6-8-20(17-35)32-28(37)24-26(30)34-27(31)25(29)33-24;/h11-14,20,22H,2-10,15-18H2,1H3,(H4-,30,31,32,34,37);1H. The van der Waals surface area contributed by atoms with Gasteiger partial charge >= 0.3 is 5.97 Å². The normalized spacial score (nSPS) is 21.2. The molecule has 2 aliphatic rings. The second kappa shape index (κ2) is 14.7. The number of nitrogen functional groups attached to an aromatic ring is 2. The number of ether oxygens (including phenoxy) is 2. The molecule has 1 aliphatic carbocycles. The second-order valence-electron chi connectivity index (χ2n) is 10.8. The molecular weight excluding hydrogens is 555 g/mol. The molecule has 0 radical (unpaired) electrons. The molecule has 12 heteroatoms. The molecule has 0 spiro atoms. The fourth-order valence-corrected chi connectivity index (χ4v) is 5.95. The molecule has 2 atom stereocenters. The molecule has 1 aromatic heterocycles. The number of esters is 1. The number of aryl methyl sites for hydroxylation is 1. The number of methoxy groups -OCH3 is 1. The van der Waals surface area contributed by atoms with Crippen molar-refractivity contribution in [3.05, 3.63) is 40.7 Å². The van der Waals surface area contributed by atoms with E-state index in [2.05, 4.69) is 27.4 Å². The Morgan fingerprint density at radius 2 is 1.77 bits per heavy atom. The zero-order valence-corrected chi connectivity index (χ0v) is 24.6. The molecule has 0 bridgehead atoms. The first-order valence-corrected chi connectivity index (χ1v) is 14.2. The number of rotatable bonds is 10. The maximum atomic E-state index is 13.2. The number of halogens is 2. The van der Waals surface area contributed by atoms with Crippen molar-refractivity contribution in [2.24, 2.45) is 0 Å². The summed E-state index contributed by atoms with van der Waals surface area (Å²) in [5.41, 5.74) is 12.7. The number of aromatic nitrogens is 2. The molecule has 220 valence electrons. The number of nitrogens with one attached hydrogen (secondary N) is 1. The third-order valence-electron chi connectivity index (χ3n) is 7.82. The lowest BCUT2D eigenvalue weighted by Crippen LogP contribution is -3.00. The number of hydrogen-bond acceptors (Lipinski definition) is 8. The van der Waals surface area contributed by atoms with Gasteiger partial charge in [-0.15, -0.1) is 0 Å². The van der Waals surface area contributed by atoms with Crippen molar-refractivity contribution in [3.63, 3.8) is 0 Å². The SMILES string of the molecule is COc1ccc(CCC[N+]2(CC(=O)OC3CCCCC3)CCCC(NC(=O)c3nc(Cl)c(N)nc3N)C2)cc1.[Cl-]. The van der Waals surface area contributed by atoms with Crippen LogP contribution in [0.1, 0.15) is 67.4 Å². The van der Waals surface area contributed by atoms with Crippen molar-refractivity contribution in [2.45, 2.75) is 69.9 Å². The lowest BCUT2D eigenvalue weighted by molar-refractivity contribution is -0.926. The van der Waals surface area contributed by atoms with Crippen molar-refractivity contribution in [1.82, 2.24) is 15.3 Å². The molecule has 2 heterocycles. The van der Waals surface area contributed by atoms with Gasteiger partial charge in [0.2, 0.25) is 0 Å². The van der Waals surface area contributed by atoms with E-state index in [0.717, 1.165) is 70.2 Å². The highest BCUT2D eigenvalue weighted by molar-refractivity contribution is 6.31. The number of anilines is 2. The Kier molecular flexibility index (Phi) is 11.7. The molecule has 4 rings (SSSR count). The summed E-state index contributed by atoms with van der Waals surface area (Å²) in [6.45, 7) is 2.56. The van der Waals surface area contributed by atoms with E-state index in [0.29, 0.717) is 17.6 Å². The Morgan fingerprint density at radius 1 is 1.05 bits per heavy atom. The smallest absolute Gasteiger partial charge is 0.362 e. The van der Waals surface area contributed by atoms with Gasteiger partial charge in [0.1, 0.15) is 11.9 Å². The minimum absolute atomic E-state index is 0. The maximum Gasteiger partial charge on any atom is 0.362 e. The monoisotopic (exact) mass is 594 g/mol. The van der Waals surface area contributed by atoms with Gasteiger partial charge in [-0.05, 0) is 62.6 Å². The molecule has 5 N–H and O–H groups in total. The number of benzene rings is 1. The van der Waals surface area contributed by atoms with Gasteiger partial charge in [0.25, 0.3) is 5.91 Å². The molecule has 1 amide bonds. The predicted molar refractivity (Wildman–Crippen MR) is 150 cm³/mol. The first-order valence-electron chi connectivity index (χ1n) is 13.8. The van der Waals surface area contributed by atoms with Crippen LogP contribution < -0.4 is 33.9 Å². The average Bonchev–Trinajstić information content (AvgIpc) is 2.91. The summed E-state index contributed by atoms with van der Waals surface area (Å²) in [6.07, 6.45) is 8.75. The molecule has 2 fully saturated rings. The molecule has 40 heavy (non-hydrogen) atoms. The first-order chi connectivity index (χ1) is 18.8. The predicted octanol–water partition coefficient (Wildman–Crippen LogP) is 0.525. The molecular formula is C28H40Cl2N6O4. The number of quaternary nitrogens is 1. The summed E-state index contributed by atoms with van der Waals surface area (Å²) in [5.74, 6) is 0.137. The minimum atomic E-state index is -0.449. The van der Waals surface area contributed by atoms with E-state index in [-0.39, 0.29) is 53.0 Å². The Bertz CT molecular complexity index is 1150. The Balaban J connectivity index is 0.00000441. The van der Waals surface area contributed by atoms with E-state index in [1.165, 1.54) is 12.0 Å². The van der Waals surface area contributed by atoms with E-state index in [4.69, 9.17) is 32.5 Å². The van der Waals surface area contributed by atoms with Crippen molar-refractivity contribution in [3.8, 4) is 5.75 Å². The maximum absolute atomic E-state index is 13.2. The lowest BCUT2D eigenvalue weighted by atomic mass is 9.98. The molecule has 1 saturated heterocycles. The summed E-state index contributed by atoms with van der Waals surface area (Å²) in [5, 5.41) is 2.99. The van der Waals surface area contributed by atoms with Gasteiger partial charge in [-0.2, -0.15) is 0 Å². The molecule has 10 nitrogen and oxygen atoms in total. The van der Waals surface area contributed by atoms with Gasteiger partial charge in [-0.3, -0.25) is 4.79 Å². The number of hydrogen-bond donors (Lipinski definition) is 3. The number of carbonyl (C=O) groups is 2. The number of piperidine rings is 1. The number of carbonyl (C=O) groups excluding carboxylic acids is 2. The molecule has 2 aromatic rings. The second-order valence-corrected chi connectivity index (χ2v) is 11.1. The Labute approximate surface area is 247 Å². The Morgan fingerprint density at radius 3 is 2.48 bits per heavy atom. The molecule has 1 aromatic carbocycles. The third-order valence-corrected chi connectivity index (χ3v) is 8.10. The quantitative estimate of drug-likeness (QED) is 0.267. The van der Waals surface area contributed by atoms with Crippen molar-refractivity contribution < 1.29 is 36.0 Å². The minimum Gasteiger partial charge on any atom is -1.00 e. The number of likely N-dealkylation sites (tertiary alicyclic amines) is 1. The topological polar surface area (TPSA) is 142 Å². The highest BCUT2D eigenvalue weighted by Crippen LogP contribution is 2.25. The van der Waals surface area contributed by atoms with Crippen molar-refractivity contribution in [1.29, 1.82) is 0 Å². The van der Waals surface area contributed by atoms with Crippen LogP contribution in [0.4, 0.5) is 11.6 Å². The average molecular weight is 596 g/mol. The number of nitrogens with two attached hydrogens (primary N) is 2. The fraction of sp³-hybridized carbons (Fsp3) is 0.571. The molecule has 2 unspecified atom stereocenters. The largest absolute Gasteiger partial charge is 1.00 e. The van der Waals surface area contributed by atoms with Crippen LogP contribution >= 0.6 is 11.6 Å². The summed E-state index contributed by atoms with van der Waals surface area (Å²) in [6, 6.07) is 7.91. The highest BCUT2D eigenvalue weighted by atomic mass is 35.5. The van der Waals surface area contributed by atoms with Crippen LogP contribution in [0.25, 0.3) is 0 Å². The van der Waals surface area contributed by atoms with Gasteiger partial charge in [0, 0.05) is 6.42 Å². The van der Waals surface area contributed by atoms with Crippen LogP contribution in [0.15, 0.2) is 24.3 Å². The zero-order valence-electron chi connectivity index (χ0n) is 23.0. The van der Waals surface area contributed by atoms with Gasteiger partial charge in [-0.25, -0.2) is 14.8 Å². The van der Waals surface area contributed by atoms with E-state index in [9.17, 15) is 9.59 Å². The zero-order chi connectivity index (χ0) is 27.8. The summed E-state index contributed by atoms with van der Waals surface area (Å²) >= 11 is 5.98. The number of amides is 1. The van der Waals surface area contributed by atoms with Crippen LogP contribution in [-0.4, -0.2) is 71.8 Å². The van der Waals surface area contributed by atoms with Crippen molar-refractivity contribution >= 4 is 35.1 Å². The van der Waals surface area contributed by atoms with E-state index >= 15 is 0 Å². The van der Waals surface area contributed by atoms with Crippen molar-refractivity contribution in [2.75, 3.05) is 44.8 Å². The molecule has 1 aliphatic heterocycles. The number of nitrogens with zero attached hydrogens (tertiary/aromatic N) is 3. The van der Waals surface area contributed by atoms with E-state index < -0.39 is 5.91 Å². The van der Waals surface area contributed by atoms with E-state index in [1.807, 2.05) is 12.1 Å². The van der Waals surface area contributed by atoms with Crippen LogP contribution in [0.2, 0.25) is 5.15 Å². The fourth-order valence-electron chi connectivity index (χ4n) is 5.82. The molecule has 1 saturated carbocycles. The lowest BCUT2D eigenvalue weighted by Gasteiger charge is -2.44. The van der Waals surface area contributed by atoms with Gasteiger partial charge in [0.05, 0.1) is 32.8 Å². The van der Waals surface area contributed by atoms with Gasteiger partial charge in [0.15, 0.2) is 29.0 Å². The summed E-state index contributed by atoms with van der Waals surface area (Å²) in [4.78, 5) is 34.1. The summed E-state index contributed by atoms with van der Waals surface area (Å²) in [7, 11) is 1.66. The highest BCUT2D eigenvalue weighted by Gasteiger charge is 2.38. The van der Waals surface area contributed by atoms with Gasteiger partial charge < -0.3 is 43.1 Å². The van der Waals surface area contributed by atoms with Crippen LogP contribution in [-0.2, 0) is 16.0 Å².